The van der Waals surface area contributed by atoms with Gasteiger partial charge in [-0.2, -0.15) is 0 Å². The van der Waals surface area contributed by atoms with Crippen molar-refractivity contribution in [1.29, 1.82) is 0 Å². The van der Waals surface area contributed by atoms with E-state index in [0.717, 1.165) is 0 Å². The van der Waals surface area contributed by atoms with Gasteiger partial charge in [-0.25, -0.2) is 0 Å². The van der Waals surface area contributed by atoms with Crippen LogP contribution in [0.2, 0.25) is 10.0 Å². The van der Waals surface area contributed by atoms with Gasteiger partial charge in [-0.05, 0) is 25.1 Å². The van der Waals surface area contributed by atoms with E-state index in [4.69, 9.17) is 27.9 Å². The van der Waals surface area contributed by atoms with Crippen molar-refractivity contribution in [3.05, 3.63) is 28.2 Å². The van der Waals surface area contributed by atoms with E-state index in [-0.39, 0.29) is 6.10 Å². The van der Waals surface area contributed by atoms with Crippen LogP contribution >= 0.6 is 23.2 Å². The van der Waals surface area contributed by atoms with Gasteiger partial charge in [0.25, 0.3) is 0 Å². The van der Waals surface area contributed by atoms with Crippen LogP contribution in [0.1, 0.15) is 6.92 Å². The van der Waals surface area contributed by atoms with Crippen LogP contribution in [0.4, 0.5) is 0 Å². The molecule has 0 amide bonds. The Bertz CT molecular complexity index is 291. The molecule has 1 aromatic rings. The molecule has 0 aliphatic carbocycles. The number of halogens is 2. The molecule has 0 aliphatic heterocycles. The lowest BCUT2D eigenvalue weighted by atomic mass is 10.3. The monoisotopic (exact) mass is 220 g/mol. The van der Waals surface area contributed by atoms with Crippen molar-refractivity contribution in [3.63, 3.8) is 0 Å². The summed E-state index contributed by atoms with van der Waals surface area (Å²) in [5.41, 5.74) is 3.73. The Morgan fingerprint density at radius 1 is 1.46 bits per heavy atom. The average Bonchev–Trinajstić information content (AvgIpc) is 2.09. The summed E-state index contributed by atoms with van der Waals surface area (Å²) in [5, 5.41) is 1.15. The van der Waals surface area contributed by atoms with E-state index in [2.05, 4.69) is 5.73 Å². The Morgan fingerprint density at radius 2 is 2.15 bits per heavy atom. The Balaban J connectivity index is 2.77. The average molecular weight is 221 g/mol. The number of hydrogen-bond acceptors (Lipinski definition) is 1. The first-order valence-electron chi connectivity index (χ1n) is 4.04. The topological polar surface area (TPSA) is 36.9 Å². The Hall–Kier alpha value is -0.440. The van der Waals surface area contributed by atoms with Crippen molar-refractivity contribution >= 4 is 23.2 Å². The molecule has 4 heteroatoms. The van der Waals surface area contributed by atoms with E-state index in [1.807, 2.05) is 6.92 Å². The minimum absolute atomic E-state index is 0.0682. The van der Waals surface area contributed by atoms with Crippen molar-refractivity contribution < 1.29 is 10.5 Å². The normalized spacial score (nSPS) is 12.6. The zero-order valence-electron chi connectivity index (χ0n) is 7.39. The van der Waals surface area contributed by atoms with Gasteiger partial charge in [0.15, 0.2) is 0 Å². The summed E-state index contributed by atoms with van der Waals surface area (Å²) in [6.45, 7) is 2.65. The molecule has 72 valence electrons. The first-order valence-corrected chi connectivity index (χ1v) is 4.80. The Kier molecular flexibility index (Phi) is 3.85. The predicted molar refractivity (Wildman–Crippen MR) is 54.3 cm³/mol. The van der Waals surface area contributed by atoms with E-state index in [0.29, 0.717) is 22.3 Å². The molecular formula is C9H12Cl2NO+. The molecule has 0 aliphatic rings. The van der Waals surface area contributed by atoms with Crippen LogP contribution in [0.25, 0.3) is 0 Å². The van der Waals surface area contributed by atoms with Gasteiger partial charge in [0, 0.05) is 5.02 Å². The summed E-state index contributed by atoms with van der Waals surface area (Å²) in [6.07, 6.45) is 0.0682. The second kappa shape index (κ2) is 4.70. The Labute approximate surface area is 87.6 Å². The fourth-order valence-corrected chi connectivity index (χ4v) is 1.30. The number of rotatable bonds is 3. The van der Waals surface area contributed by atoms with Crippen LogP contribution in [-0.4, -0.2) is 12.6 Å². The standard InChI is InChI=1S/C9H11Cl2NO/c1-6(5-12)13-9-3-2-7(10)4-8(9)11/h2-4,6H,5,12H2,1H3/p+1/t6-/m0/s1. The van der Waals surface area contributed by atoms with Crippen LogP contribution in [0.15, 0.2) is 18.2 Å². The third-order valence-electron chi connectivity index (χ3n) is 1.63. The lowest BCUT2D eigenvalue weighted by molar-refractivity contribution is -0.380. The number of benzene rings is 1. The molecule has 0 heterocycles. The van der Waals surface area contributed by atoms with Crippen LogP contribution in [0.3, 0.4) is 0 Å². The molecule has 3 N–H and O–H groups in total. The van der Waals surface area contributed by atoms with E-state index in [1.165, 1.54) is 0 Å². The second-order valence-corrected chi connectivity index (χ2v) is 3.64. The van der Waals surface area contributed by atoms with Crippen molar-refractivity contribution in [2.75, 3.05) is 6.54 Å². The molecule has 13 heavy (non-hydrogen) atoms. The van der Waals surface area contributed by atoms with Crippen molar-refractivity contribution in [2.45, 2.75) is 13.0 Å². The molecule has 0 saturated heterocycles. The number of quaternary nitrogens is 1. The lowest BCUT2D eigenvalue weighted by Gasteiger charge is -2.11. The highest BCUT2D eigenvalue weighted by Crippen LogP contribution is 2.27. The quantitative estimate of drug-likeness (QED) is 0.832. The van der Waals surface area contributed by atoms with Crippen molar-refractivity contribution in [3.8, 4) is 5.75 Å². The van der Waals surface area contributed by atoms with Gasteiger partial charge in [-0.1, -0.05) is 23.2 Å². The SMILES string of the molecule is C[C@@H](C[NH3+])Oc1ccc(Cl)cc1Cl. The van der Waals surface area contributed by atoms with E-state index < -0.39 is 0 Å². The number of hydrogen-bond donors (Lipinski definition) is 1. The Morgan fingerprint density at radius 3 is 2.69 bits per heavy atom. The smallest absolute Gasteiger partial charge is 0.144 e. The zero-order valence-corrected chi connectivity index (χ0v) is 8.90. The minimum atomic E-state index is 0.0682. The first kappa shape index (κ1) is 10.6. The molecule has 0 radical (unpaired) electrons. The molecule has 0 aromatic heterocycles. The molecule has 0 fully saturated rings. The van der Waals surface area contributed by atoms with Crippen LogP contribution in [0.5, 0.6) is 5.75 Å². The largest absolute Gasteiger partial charge is 0.483 e. The minimum Gasteiger partial charge on any atom is -0.483 e. The highest BCUT2D eigenvalue weighted by atomic mass is 35.5. The molecule has 1 atom stereocenters. The fraction of sp³-hybridized carbons (Fsp3) is 0.333. The molecule has 0 unspecified atom stereocenters. The van der Waals surface area contributed by atoms with Gasteiger partial charge in [-0.15, -0.1) is 0 Å². The van der Waals surface area contributed by atoms with Crippen molar-refractivity contribution in [2.24, 2.45) is 0 Å². The summed E-state index contributed by atoms with van der Waals surface area (Å²) >= 11 is 11.6. The molecule has 0 bridgehead atoms. The molecular weight excluding hydrogens is 209 g/mol. The lowest BCUT2D eigenvalue weighted by Crippen LogP contribution is -2.56. The summed E-state index contributed by atoms with van der Waals surface area (Å²) < 4.78 is 5.50. The third-order valence-corrected chi connectivity index (χ3v) is 2.16. The van der Waals surface area contributed by atoms with Gasteiger partial charge >= 0.3 is 0 Å². The molecule has 1 aromatic carbocycles. The molecule has 2 nitrogen and oxygen atoms in total. The highest BCUT2D eigenvalue weighted by Gasteiger charge is 2.06. The zero-order chi connectivity index (χ0) is 9.84. The molecule has 1 rings (SSSR count). The highest BCUT2D eigenvalue weighted by molar-refractivity contribution is 6.35. The van der Waals surface area contributed by atoms with Crippen LogP contribution < -0.4 is 10.5 Å². The van der Waals surface area contributed by atoms with Gasteiger partial charge in [0.2, 0.25) is 0 Å². The van der Waals surface area contributed by atoms with Gasteiger partial charge in [-0.3, -0.25) is 0 Å². The van der Waals surface area contributed by atoms with E-state index in [1.54, 1.807) is 18.2 Å². The fourth-order valence-electron chi connectivity index (χ4n) is 0.846. The first-order chi connectivity index (χ1) is 6.13. The van der Waals surface area contributed by atoms with E-state index in [9.17, 15) is 0 Å². The maximum absolute atomic E-state index is 5.90. The van der Waals surface area contributed by atoms with Crippen LogP contribution in [-0.2, 0) is 0 Å². The van der Waals surface area contributed by atoms with E-state index >= 15 is 0 Å². The van der Waals surface area contributed by atoms with Crippen LogP contribution in [0, 0.1) is 0 Å². The third kappa shape index (κ3) is 3.07. The summed E-state index contributed by atoms with van der Waals surface area (Å²) in [4.78, 5) is 0. The number of ether oxygens (including phenoxy) is 1. The predicted octanol–water partition coefficient (Wildman–Crippen LogP) is 2.00. The maximum atomic E-state index is 5.90. The molecule has 0 saturated carbocycles. The molecule has 0 spiro atoms. The summed E-state index contributed by atoms with van der Waals surface area (Å²) in [7, 11) is 0. The summed E-state index contributed by atoms with van der Waals surface area (Å²) in [6, 6.07) is 5.17. The summed E-state index contributed by atoms with van der Waals surface area (Å²) in [5.74, 6) is 0.655. The second-order valence-electron chi connectivity index (χ2n) is 2.79. The van der Waals surface area contributed by atoms with Gasteiger partial charge in [0.05, 0.1) is 5.02 Å². The van der Waals surface area contributed by atoms with Crippen molar-refractivity contribution in [1.82, 2.24) is 0 Å². The van der Waals surface area contributed by atoms with Gasteiger partial charge < -0.3 is 10.5 Å². The van der Waals surface area contributed by atoms with Gasteiger partial charge in [0.1, 0.15) is 18.4 Å². The maximum Gasteiger partial charge on any atom is 0.144 e.